The van der Waals surface area contributed by atoms with Crippen LogP contribution in [0.3, 0.4) is 0 Å². The van der Waals surface area contributed by atoms with E-state index >= 15 is 0 Å². The Kier molecular flexibility index (Phi) is 3.55. The van der Waals surface area contributed by atoms with Crippen LogP contribution in [0.4, 0.5) is 0 Å². The molecule has 2 atom stereocenters. The molecule has 2 unspecified atom stereocenters. The molecule has 1 aliphatic heterocycles. The number of hydrogen-bond acceptors (Lipinski definition) is 3. The minimum Gasteiger partial charge on any atom is -0.360 e. The molecule has 1 aliphatic rings. The van der Waals surface area contributed by atoms with Crippen LogP contribution in [0.2, 0.25) is 0 Å². The van der Waals surface area contributed by atoms with Crippen molar-refractivity contribution in [3.63, 3.8) is 0 Å². The van der Waals surface area contributed by atoms with Gasteiger partial charge in [0.25, 0.3) is 0 Å². The highest BCUT2D eigenvalue weighted by atomic mass is 16.5. The molecule has 0 amide bonds. The van der Waals surface area contributed by atoms with Crippen molar-refractivity contribution in [2.45, 2.75) is 25.6 Å². The third-order valence-electron chi connectivity index (χ3n) is 2.93. The van der Waals surface area contributed by atoms with E-state index in [-0.39, 0.29) is 6.10 Å². The topological polar surface area (TPSA) is 36.3 Å². The SMILES string of the molecule is CC1COC(C#N)CN1Cc1ccccc1. The number of nitrogens with zero attached hydrogens (tertiary/aromatic N) is 2. The lowest BCUT2D eigenvalue weighted by molar-refractivity contribution is -0.0365. The van der Waals surface area contributed by atoms with Gasteiger partial charge in [0.15, 0.2) is 6.10 Å². The van der Waals surface area contributed by atoms with Crippen LogP contribution in [0.1, 0.15) is 12.5 Å². The van der Waals surface area contributed by atoms with E-state index in [1.54, 1.807) is 0 Å². The molecule has 84 valence electrons. The fourth-order valence-electron chi connectivity index (χ4n) is 1.92. The smallest absolute Gasteiger partial charge is 0.156 e. The van der Waals surface area contributed by atoms with Crippen LogP contribution in [-0.2, 0) is 11.3 Å². The fourth-order valence-corrected chi connectivity index (χ4v) is 1.92. The van der Waals surface area contributed by atoms with E-state index in [2.05, 4.69) is 30.0 Å². The van der Waals surface area contributed by atoms with Crippen LogP contribution in [-0.4, -0.2) is 30.2 Å². The molecule has 1 saturated heterocycles. The Morgan fingerprint density at radius 2 is 2.19 bits per heavy atom. The molecule has 0 saturated carbocycles. The van der Waals surface area contributed by atoms with Crippen LogP contribution >= 0.6 is 0 Å². The number of hydrogen-bond donors (Lipinski definition) is 0. The minimum atomic E-state index is -0.278. The summed E-state index contributed by atoms with van der Waals surface area (Å²) in [5.74, 6) is 0. The Hall–Kier alpha value is -1.37. The fraction of sp³-hybridized carbons (Fsp3) is 0.462. The van der Waals surface area contributed by atoms with Gasteiger partial charge >= 0.3 is 0 Å². The van der Waals surface area contributed by atoms with Crippen molar-refractivity contribution in [2.75, 3.05) is 13.2 Å². The van der Waals surface area contributed by atoms with E-state index < -0.39 is 0 Å². The molecule has 3 heteroatoms. The molecule has 1 fully saturated rings. The highest BCUT2D eigenvalue weighted by molar-refractivity contribution is 5.14. The maximum atomic E-state index is 8.86. The van der Waals surface area contributed by atoms with Crippen molar-refractivity contribution < 1.29 is 4.74 Å². The van der Waals surface area contributed by atoms with Gasteiger partial charge in [0.1, 0.15) is 0 Å². The highest BCUT2D eigenvalue weighted by Gasteiger charge is 2.25. The number of ether oxygens (including phenoxy) is 1. The lowest BCUT2D eigenvalue weighted by Gasteiger charge is -2.35. The first kappa shape index (κ1) is 11.1. The Balaban J connectivity index is 2.00. The summed E-state index contributed by atoms with van der Waals surface area (Å²) in [5.41, 5.74) is 1.29. The summed E-state index contributed by atoms with van der Waals surface area (Å²) in [5, 5.41) is 8.86. The lowest BCUT2D eigenvalue weighted by atomic mass is 10.1. The Morgan fingerprint density at radius 3 is 2.88 bits per heavy atom. The summed E-state index contributed by atoms with van der Waals surface area (Å²) in [4.78, 5) is 2.30. The summed E-state index contributed by atoms with van der Waals surface area (Å²) in [6.45, 7) is 4.37. The zero-order chi connectivity index (χ0) is 11.4. The second-order valence-electron chi connectivity index (χ2n) is 4.22. The number of rotatable bonds is 2. The minimum absolute atomic E-state index is 0.278. The molecular formula is C13H16N2O. The van der Waals surface area contributed by atoms with Crippen molar-refractivity contribution in [1.29, 1.82) is 5.26 Å². The first-order valence-corrected chi connectivity index (χ1v) is 5.59. The van der Waals surface area contributed by atoms with E-state index in [1.165, 1.54) is 5.56 Å². The summed E-state index contributed by atoms with van der Waals surface area (Å²) in [7, 11) is 0. The molecular weight excluding hydrogens is 200 g/mol. The van der Waals surface area contributed by atoms with Crippen molar-refractivity contribution in [1.82, 2.24) is 4.90 Å². The van der Waals surface area contributed by atoms with Gasteiger partial charge < -0.3 is 4.74 Å². The van der Waals surface area contributed by atoms with Crippen molar-refractivity contribution in [2.24, 2.45) is 0 Å². The van der Waals surface area contributed by atoms with Crippen LogP contribution in [0, 0.1) is 11.3 Å². The first-order valence-electron chi connectivity index (χ1n) is 5.59. The summed E-state index contributed by atoms with van der Waals surface area (Å²) < 4.78 is 5.40. The molecule has 0 spiro atoms. The first-order chi connectivity index (χ1) is 7.79. The van der Waals surface area contributed by atoms with Crippen LogP contribution in [0.25, 0.3) is 0 Å². The molecule has 2 rings (SSSR count). The van der Waals surface area contributed by atoms with Crippen LogP contribution in [0.5, 0.6) is 0 Å². The van der Waals surface area contributed by atoms with E-state index in [0.717, 1.165) is 6.54 Å². The summed E-state index contributed by atoms with van der Waals surface area (Å²) in [6.07, 6.45) is -0.278. The monoisotopic (exact) mass is 216 g/mol. The highest BCUT2D eigenvalue weighted by Crippen LogP contribution is 2.14. The maximum Gasteiger partial charge on any atom is 0.156 e. The third kappa shape index (κ3) is 2.60. The van der Waals surface area contributed by atoms with Crippen LogP contribution < -0.4 is 0 Å². The molecule has 0 radical (unpaired) electrons. The van der Waals surface area contributed by atoms with Gasteiger partial charge in [-0.2, -0.15) is 5.26 Å². The van der Waals surface area contributed by atoms with Gasteiger partial charge in [-0.25, -0.2) is 0 Å². The van der Waals surface area contributed by atoms with Gasteiger partial charge in [-0.05, 0) is 12.5 Å². The van der Waals surface area contributed by atoms with E-state index in [1.807, 2.05) is 18.2 Å². The van der Waals surface area contributed by atoms with Crippen molar-refractivity contribution in [3.8, 4) is 6.07 Å². The molecule has 1 aromatic carbocycles. The second-order valence-corrected chi connectivity index (χ2v) is 4.22. The average Bonchev–Trinajstić information content (AvgIpc) is 2.33. The van der Waals surface area contributed by atoms with E-state index in [4.69, 9.17) is 10.00 Å². The predicted octanol–water partition coefficient (Wildman–Crippen LogP) is 1.80. The van der Waals surface area contributed by atoms with Gasteiger partial charge in [-0.1, -0.05) is 30.3 Å². The van der Waals surface area contributed by atoms with Gasteiger partial charge in [0.05, 0.1) is 12.7 Å². The second kappa shape index (κ2) is 5.11. The Labute approximate surface area is 96.2 Å². The zero-order valence-electron chi connectivity index (χ0n) is 9.47. The quantitative estimate of drug-likeness (QED) is 0.756. The molecule has 0 aliphatic carbocycles. The lowest BCUT2D eigenvalue weighted by Crippen LogP contribution is -2.47. The maximum absolute atomic E-state index is 8.86. The van der Waals surface area contributed by atoms with Gasteiger partial charge in [0, 0.05) is 19.1 Å². The number of morpholine rings is 1. The van der Waals surface area contributed by atoms with Crippen molar-refractivity contribution in [3.05, 3.63) is 35.9 Å². The Morgan fingerprint density at radius 1 is 1.44 bits per heavy atom. The molecule has 0 bridgehead atoms. The summed E-state index contributed by atoms with van der Waals surface area (Å²) >= 11 is 0. The number of benzene rings is 1. The molecule has 0 aromatic heterocycles. The van der Waals surface area contributed by atoms with Crippen molar-refractivity contribution >= 4 is 0 Å². The summed E-state index contributed by atoms with van der Waals surface area (Å²) in [6, 6.07) is 12.9. The van der Waals surface area contributed by atoms with Gasteiger partial charge in [0.2, 0.25) is 0 Å². The molecule has 3 nitrogen and oxygen atoms in total. The molecule has 16 heavy (non-hydrogen) atoms. The molecule has 1 heterocycles. The largest absolute Gasteiger partial charge is 0.360 e. The molecule has 0 N–H and O–H groups in total. The third-order valence-corrected chi connectivity index (χ3v) is 2.93. The zero-order valence-corrected chi connectivity index (χ0v) is 9.47. The van der Waals surface area contributed by atoms with Gasteiger partial charge in [-0.3, -0.25) is 4.90 Å². The molecule has 1 aromatic rings. The average molecular weight is 216 g/mol. The standard InChI is InChI=1S/C13H16N2O/c1-11-10-16-13(7-14)9-15(11)8-12-5-3-2-4-6-12/h2-6,11,13H,8-10H2,1H3. The Bertz CT molecular complexity index is 371. The van der Waals surface area contributed by atoms with E-state index in [9.17, 15) is 0 Å². The predicted molar refractivity (Wildman–Crippen MR) is 61.7 cm³/mol. The number of nitriles is 1. The normalized spacial score (nSPS) is 26.2. The van der Waals surface area contributed by atoms with Crippen LogP contribution in [0.15, 0.2) is 30.3 Å². The van der Waals surface area contributed by atoms with Gasteiger partial charge in [-0.15, -0.1) is 0 Å². The van der Waals surface area contributed by atoms with E-state index in [0.29, 0.717) is 19.2 Å².